The normalized spacial score (nSPS) is 24.2. The first-order valence-electron chi connectivity index (χ1n) is 14.0. The van der Waals surface area contributed by atoms with Crippen LogP contribution in [0.25, 0.3) is 0 Å². The van der Waals surface area contributed by atoms with E-state index >= 15 is 0 Å². The lowest BCUT2D eigenvalue weighted by atomic mass is 9.97. The second-order valence-corrected chi connectivity index (χ2v) is 11.6. The summed E-state index contributed by atoms with van der Waals surface area (Å²) < 4.78 is 6.03. The summed E-state index contributed by atoms with van der Waals surface area (Å²) in [5.74, 6) is 0.334. The first-order chi connectivity index (χ1) is 18.0. The third-order valence-electron chi connectivity index (χ3n) is 7.64. The maximum absolute atomic E-state index is 6.03. The number of aromatic nitrogens is 1. The molecular weight excluding hydrogens is 482 g/mol. The third kappa shape index (κ3) is 7.28. The molecule has 0 bridgehead atoms. The quantitative estimate of drug-likeness (QED) is 0.443. The van der Waals surface area contributed by atoms with Crippen LogP contribution in [0.4, 0.5) is 5.13 Å². The van der Waals surface area contributed by atoms with Gasteiger partial charge in [-0.3, -0.25) is 4.90 Å². The van der Waals surface area contributed by atoms with Gasteiger partial charge in [0.1, 0.15) is 12.4 Å². The Hall–Kier alpha value is -2.07. The van der Waals surface area contributed by atoms with E-state index < -0.39 is 0 Å². The summed E-state index contributed by atoms with van der Waals surface area (Å²) in [6, 6.07) is 0.792. The summed E-state index contributed by atoms with van der Waals surface area (Å²) in [7, 11) is 2.22. The van der Waals surface area contributed by atoms with E-state index in [0.29, 0.717) is 31.3 Å². The molecule has 3 heterocycles. The number of nitrogens with one attached hydrogen (secondary N) is 1. The number of hydrazone groups is 2. The van der Waals surface area contributed by atoms with E-state index in [4.69, 9.17) is 19.9 Å². The molecule has 0 aromatic carbocycles. The Balaban J connectivity index is 1.47. The van der Waals surface area contributed by atoms with Gasteiger partial charge in [-0.05, 0) is 40.2 Å². The molecule has 0 amide bonds. The number of hydrogen-bond acceptors (Lipinski definition) is 9. The van der Waals surface area contributed by atoms with Crippen LogP contribution in [0.2, 0.25) is 0 Å². The molecule has 1 saturated heterocycles. The Labute approximate surface area is 227 Å². The highest BCUT2D eigenvalue weighted by Gasteiger charge is 2.28. The van der Waals surface area contributed by atoms with Crippen molar-refractivity contribution in [2.75, 3.05) is 51.6 Å². The van der Waals surface area contributed by atoms with Gasteiger partial charge in [0.25, 0.3) is 0 Å². The Bertz CT molecular complexity index is 993. The van der Waals surface area contributed by atoms with Crippen LogP contribution < -0.4 is 10.4 Å². The van der Waals surface area contributed by atoms with Gasteiger partial charge in [-0.1, -0.05) is 51.0 Å². The van der Waals surface area contributed by atoms with Crippen molar-refractivity contribution in [3.05, 3.63) is 34.9 Å². The molecule has 4 rings (SSSR count). The highest BCUT2D eigenvalue weighted by Crippen LogP contribution is 2.34. The molecule has 3 unspecified atom stereocenters. The van der Waals surface area contributed by atoms with E-state index in [2.05, 4.69) is 67.3 Å². The van der Waals surface area contributed by atoms with E-state index in [1.807, 2.05) is 11.9 Å². The van der Waals surface area contributed by atoms with Crippen molar-refractivity contribution in [2.45, 2.75) is 77.8 Å². The van der Waals surface area contributed by atoms with Gasteiger partial charge in [0, 0.05) is 43.0 Å². The molecule has 8 nitrogen and oxygen atoms in total. The van der Waals surface area contributed by atoms with Crippen LogP contribution in [0.1, 0.15) is 69.4 Å². The van der Waals surface area contributed by atoms with Gasteiger partial charge in [0.15, 0.2) is 0 Å². The number of piperazine rings is 1. The predicted molar refractivity (Wildman–Crippen MR) is 156 cm³/mol. The van der Waals surface area contributed by atoms with Crippen LogP contribution in [0, 0.1) is 6.92 Å². The zero-order valence-electron chi connectivity index (χ0n) is 23.3. The number of aryl methyl sites for hydroxylation is 1. The summed E-state index contributed by atoms with van der Waals surface area (Å²) in [5, 5.41) is 12.5. The Morgan fingerprint density at radius 3 is 2.70 bits per heavy atom. The van der Waals surface area contributed by atoms with Crippen LogP contribution >= 0.6 is 11.3 Å². The van der Waals surface area contributed by atoms with Crippen LogP contribution in [-0.4, -0.2) is 84.9 Å². The van der Waals surface area contributed by atoms with Gasteiger partial charge in [0.05, 0.1) is 24.1 Å². The van der Waals surface area contributed by atoms with Gasteiger partial charge >= 0.3 is 0 Å². The number of unbranched alkanes of at least 4 members (excludes halogenated alkanes) is 1. The van der Waals surface area contributed by atoms with Crippen molar-refractivity contribution in [3.63, 3.8) is 0 Å². The summed E-state index contributed by atoms with van der Waals surface area (Å²) in [4.78, 5) is 11.3. The van der Waals surface area contributed by atoms with E-state index in [1.54, 1.807) is 11.3 Å². The Morgan fingerprint density at radius 2 is 2.00 bits per heavy atom. The molecule has 9 heteroatoms. The molecule has 0 saturated carbocycles. The molecular formula is C28H45N7OS. The fraction of sp³-hybridized carbons (Fsp3) is 0.679. The first kappa shape index (κ1) is 28.0. The summed E-state index contributed by atoms with van der Waals surface area (Å²) in [6.45, 7) is 14.1. The number of hydrogen-bond donors (Lipinski definition) is 1. The molecule has 1 aliphatic carbocycles. The highest BCUT2D eigenvalue weighted by molar-refractivity contribution is 7.15. The monoisotopic (exact) mass is 527 g/mol. The predicted octanol–water partition coefficient (Wildman–Crippen LogP) is 4.75. The molecule has 1 fully saturated rings. The third-order valence-corrected chi connectivity index (χ3v) is 8.64. The Kier molecular flexibility index (Phi) is 10.3. The molecule has 37 heavy (non-hydrogen) atoms. The summed E-state index contributed by atoms with van der Waals surface area (Å²) in [6.07, 6.45) is 14.3. The minimum atomic E-state index is 0.315. The van der Waals surface area contributed by atoms with Crippen molar-refractivity contribution in [3.8, 4) is 0 Å². The number of nitrogens with zero attached hydrogens (tertiary/aromatic N) is 6. The topological polar surface area (TPSA) is 68.6 Å². The molecule has 2 aliphatic heterocycles. The van der Waals surface area contributed by atoms with Crippen molar-refractivity contribution < 1.29 is 4.74 Å². The number of ether oxygens (including phenoxy) is 1. The number of allylic oxidation sites excluding steroid dienone is 4. The van der Waals surface area contributed by atoms with Crippen LogP contribution in [0.3, 0.4) is 0 Å². The average Bonchev–Trinajstić information content (AvgIpc) is 3.20. The summed E-state index contributed by atoms with van der Waals surface area (Å²) >= 11 is 1.68. The minimum Gasteiger partial charge on any atom is -0.353 e. The van der Waals surface area contributed by atoms with E-state index in [0.717, 1.165) is 67.7 Å². The zero-order chi connectivity index (χ0) is 26.2. The number of rotatable bonds is 10. The van der Waals surface area contributed by atoms with Gasteiger partial charge in [-0.15, -0.1) is 11.3 Å². The lowest BCUT2D eigenvalue weighted by Gasteiger charge is -2.41. The first-order valence-corrected chi connectivity index (χ1v) is 14.8. The SMILES string of the molecule is CCCCC(N/N=C1/COCN(c2nc(C3C=CC=CC3)c(C)s2)N=C1C)C(CC)N1CCN(C)CC1. The fourth-order valence-electron chi connectivity index (χ4n) is 5.32. The average molecular weight is 528 g/mol. The largest absolute Gasteiger partial charge is 0.353 e. The van der Waals surface area contributed by atoms with Gasteiger partial charge < -0.3 is 15.1 Å². The van der Waals surface area contributed by atoms with E-state index in [-0.39, 0.29) is 0 Å². The van der Waals surface area contributed by atoms with Crippen molar-refractivity contribution >= 4 is 27.9 Å². The standard InChI is InChI=1S/C28H45N7OS/c1-6-8-14-24(26(7-2)34-17-15-33(5)16-18-34)30-31-25-19-36-20-35(32-21(25)3)28-29-27(22(4)37-28)23-12-10-9-11-13-23/h9-12,23-24,26,30H,6-8,13-20H2,1-5H3/b31-25-. The number of anilines is 1. The summed E-state index contributed by atoms with van der Waals surface area (Å²) in [5.41, 5.74) is 6.46. The van der Waals surface area contributed by atoms with E-state index in [9.17, 15) is 0 Å². The molecule has 1 aromatic rings. The number of likely N-dealkylation sites (N-methyl/N-ethyl adjacent to an activating group) is 1. The molecule has 3 atom stereocenters. The van der Waals surface area contributed by atoms with Gasteiger partial charge in [0.2, 0.25) is 5.13 Å². The molecule has 0 spiro atoms. The van der Waals surface area contributed by atoms with Gasteiger partial charge in [-0.25, -0.2) is 9.99 Å². The van der Waals surface area contributed by atoms with Gasteiger partial charge in [-0.2, -0.15) is 10.2 Å². The molecule has 3 aliphatic rings. The Morgan fingerprint density at radius 1 is 1.19 bits per heavy atom. The van der Waals surface area contributed by atoms with Crippen LogP contribution in [0.5, 0.6) is 0 Å². The molecule has 1 N–H and O–H groups in total. The highest BCUT2D eigenvalue weighted by atomic mass is 32.1. The van der Waals surface area contributed by atoms with Crippen molar-refractivity contribution in [1.82, 2.24) is 20.2 Å². The number of thiazole rings is 1. The van der Waals surface area contributed by atoms with Crippen molar-refractivity contribution in [1.29, 1.82) is 0 Å². The van der Waals surface area contributed by atoms with Crippen LogP contribution in [0.15, 0.2) is 34.5 Å². The maximum Gasteiger partial charge on any atom is 0.208 e. The fourth-order valence-corrected chi connectivity index (χ4v) is 6.24. The molecule has 0 radical (unpaired) electrons. The van der Waals surface area contributed by atoms with Crippen molar-refractivity contribution in [2.24, 2.45) is 10.2 Å². The lowest BCUT2D eigenvalue weighted by molar-refractivity contribution is 0.0854. The second kappa shape index (κ2) is 13.6. The minimum absolute atomic E-state index is 0.315. The van der Waals surface area contributed by atoms with E-state index in [1.165, 1.54) is 17.7 Å². The molecule has 1 aromatic heterocycles. The second-order valence-electron chi connectivity index (χ2n) is 10.4. The maximum atomic E-state index is 6.03. The molecule has 204 valence electrons. The zero-order valence-corrected chi connectivity index (χ0v) is 24.1. The smallest absolute Gasteiger partial charge is 0.208 e. The lowest BCUT2D eigenvalue weighted by Crippen LogP contribution is -2.55. The van der Waals surface area contributed by atoms with Crippen LogP contribution in [-0.2, 0) is 4.74 Å².